The zero-order valence-corrected chi connectivity index (χ0v) is 11.0. The van der Waals surface area contributed by atoms with Crippen molar-refractivity contribution in [2.24, 2.45) is 5.92 Å². The Morgan fingerprint density at radius 2 is 1.76 bits per heavy atom. The van der Waals surface area contributed by atoms with E-state index in [0.717, 1.165) is 6.42 Å². The van der Waals surface area contributed by atoms with Gasteiger partial charge in [-0.2, -0.15) is 0 Å². The summed E-state index contributed by atoms with van der Waals surface area (Å²) < 4.78 is 9.71. The lowest BCUT2D eigenvalue weighted by Gasteiger charge is -2.10. The van der Waals surface area contributed by atoms with Gasteiger partial charge in [-0.3, -0.25) is 4.79 Å². The van der Waals surface area contributed by atoms with Gasteiger partial charge in [0.05, 0.1) is 19.1 Å². The molecule has 1 unspecified atom stereocenters. The van der Waals surface area contributed by atoms with Crippen LogP contribution < -0.4 is 0 Å². The lowest BCUT2D eigenvalue weighted by Crippen LogP contribution is -2.15. The van der Waals surface area contributed by atoms with Crippen LogP contribution in [0.1, 0.15) is 40.0 Å². The Hall–Kier alpha value is -1.32. The Labute approximate surface area is 103 Å². The fraction of sp³-hybridized carbons (Fsp3) is 0.692. The van der Waals surface area contributed by atoms with Crippen molar-refractivity contribution in [3.63, 3.8) is 0 Å². The summed E-state index contributed by atoms with van der Waals surface area (Å²) in [7, 11) is 0. The summed E-state index contributed by atoms with van der Waals surface area (Å²) >= 11 is 0. The molecule has 4 heteroatoms. The maximum Gasteiger partial charge on any atom is 0.333 e. The first kappa shape index (κ1) is 15.7. The molecule has 0 saturated heterocycles. The molecule has 4 nitrogen and oxygen atoms in total. The highest BCUT2D eigenvalue weighted by Crippen LogP contribution is 2.13. The normalized spacial score (nSPS) is 11.7. The molecule has 17 heavy (non-hydrogen) atoms. The topological polar surface area (TPSA) is 52.6 Å². The van der Waals surface area contributed by atoms with Gasteiger partial charge in [0.25, 0.3) is 0 Å². The van der Waals surface area contributed by atoms with Gasteiger partial charge in [0.1, 0.15) is 0 Å². The molecule has 0 spiro atoms. The van der Waals surface area contributed by atoms with Gasteiger partial charge in [0.2, 0.25) is 0 Å². The van der Waals surface area contributed by atoms with Gasteiger partial charge in [-0.1, -0.05) is 13.5 Å². The standard InChI is InChI=1S/C13H22O4/c1-5-16-12(14)10(3)8-7-9-11(4)13(15)17-6-2/h11H,3,5-9H2,1-2,4H3. The van der Waals surface area contributed by atoms with Crippen LogP contribution in [0.2, 0.25) is 0 Å². The molecular formula is C13H22O4. The van der Waals surface area contributed by atoms with E-state index in [2.05, 4.69) is 6.58 Å². The molecule has 0 aromatic rings. The fourth-order valence-corrected chi connectivity index (χ4v) is 1.36. The van der Waals surface area contributed by atoms with Gasteiger partial charge in [-0.05, 0) is 33.1 Å². The van der Waals surface area contributed by atoms with Crippen molar-refractivity contribution in [2.45, 2.75) is 40.0 Å². The smallest absolute Gasteiger partial charge is 0.333 e. The average Bonchev–Trinajstić information content (AvgIpc) is 2.29. The molecule has 0 radical (unpaired) electrons. The van der Waals surface area contributed by atoms with Crippen molar-refractivity contribution < 1.29 is 19.1 Å². The third kappa shape index (κ3) is 6.76. The summed E-state index contributed by atoms with van der Waals surface area (Å²) in [6.07, 6.45) is 1.98. The molecule has 0 saturated carbocycles. The first-order chi connectivity index (χ1) is 8.02. The number of carbonyl (C=O) groups excluding carboxylic acids is 2. The van der Waals surface area contributed by atoms with E-state index < -0.39 is 0 Å². The second kappa shape index (κ2) is 8.79. The predicted octanol–water partition coefficient (Wildman–Crippen LogP) is 2.48. The summed E-state index contributed by atoms with van der Waals surface area (Å²) in [5, 5.41) is 0. The number of rotatable bonds is 8. The van der Waals surface area contributed by atoms with E-state index in [1.165, 1.54) is 0 Å². The quantitative estimate of drug-likeness (QED) is 0.484. The number of hydrogen-bond acceptors (Lipinski definition) is 4. The van der Waals surface area contributed by atoms with Crippen LogP contribution in [-0.2, 0) is 19.1 Å². The van der Waals surface area contributed by atoms with E-state index >= 15 is 0 Å². The Kier molecular flexibility index (Phi) is 8.11. The maximum atomic E-state index is 11.3. The van der Waals surface area contributed by atoms with Crippen LogP contribution in [0.15, 0.2) is 12.2 Å². The van der Waals surface area contributed by atoms with Crippen molar-refractivity contribution in [1.82, 2.24) is 0 Å². The number of carbonyl (C=O) groups is 2. The Bertz CT molecular complexity index is 271. The number of ether oxygens (including phenoxy) is 2. The van der Waals surface area contributed by atoms with Gasteiger partial charge in [0, 0.05) is 5.57 Å². The lowest BCUT2D eigenvalue weighted by molar-refractivity contribution is -0.147. The Morgan fingerprint density at radius 3 is 2.29 bits per heavy atom. The van der Waals surface area contributed by atoms with Crippen LogP contribution >= 0.6 is 0 Å². The lowest BCUT2D eigenvalue weighted by atomic mass is 10.0. The Morgan fingerprint density at radius 1 is 1.18 bits per heavy atom. The van der Waals surface area contributed by atoms with Crippen molar-refractivity contribution in [1.29, 1.82) is 0 Å². The van der Waals surface area contributed by atoms with E-state index in [1.807, 2.05) is 6.92 Å². The molecule has 0 aromatic carbocycles. The number of hydrogen-bond donors (Lipinski definition) is 0. The van der Waals surface area contributed by atoms with Crippen LogP contribution in [0.25, 0.3) is 0 Å². The van der Waals surface area contributed by atoms with Crippen molar-refractivity contribution in [3.8, 4) is 0 Å². The molecule has 0 bridgehead atoms. The van der Waals surface area contributed by atoms with Gasteiger partial charge >= 0.3 is 11.9 Å². The molecule has 0 amide bonds. The van der Waals surface area contributed by atoms with E-state index in [1.54, 1.807) is 13.8 Å². The van der Waals surface area contributed by atoms with Crippen molar-refractivity contribution in [3.05, 3.63) is 12.2 Å². The van der Waals surface area contributed by atoms with Crippen molar-refractivity contribution >= 4 is 11.9 Å². The highest BCUT2D eigenvalue weighted by molar-refractivity contribution is 5.87. The zero-order valence-electron chi connectivity index (χ0n) is 11.0. The fourth-order valence-electron chi connectivity index (χ4n) is 1.36. The van der Waals surface area contributed by atoms with Crippen LogP contribution in [0.3, 0.4) is 0 Å². The summed E-state index contributed by atoms with van der Waals surface area (Å²) in [6.45, 7) is 9.79. The first-order valence-corrected chi connectivity index (χ1v) is 6.04. The summed E-state index contributed by atoms with van der Waals surface area (Å²) in [5.74, 6) is -0.671. The van der Waals surface area contributed by atoms with Crippen LogP contribution in [0.4, 0.5) is 0 Å². The SMILES string of the molecule is C=C(CCCC(C)C(=O)OCC)C(=O)OCC. The monoisotopic (exact) mass is 242 g/mol. The minimum Gasteiger partial charge on any atom is -0.466 e. The second-order valence-electron chi connectivity index (χ2n) is 3.87. The van der Waals surface area contributed by atoms with Crippen LogP contribution in [-0.4, -0.2) is 25.2 Å². The molecule has 0 N–H and O–H groups in total. The Balaban J connectivity index is 3.79. The molecule has 0 heterocycles. The van der Waals surface area contributed by atoms with E-state index in [4.69, 9.17) is 9.47 Å². The van der Waals surface area contributed by atoms with E-state index in [-0.39, 0.29) is 17.9 Å². The molecule has 0 aliphatic heterocycles. The minimum absolute atomic E-state index is 0.134. The van der Waals surface area contributed by atoms with Gasteiger partial charge in [0.15, 0.2) is 0 Å². The maximum absolute atomic E-state index is 11.3. The molecule has 98 valence electrons. The highest BCUT2D eigenvalue weighted by Gasteiger charge is 2.14. The molecule has 0 aliphatic carbocycles. The van der Waals surface area contributed by atoms with Gasteiger partial charge in [-0.25, -0.2) is 4.79 Å². The molecule has 1 atom stereocenters. The van der Waals surface area contributed by atoms with E-state index in [0.29, 0.717) is 31.6 Å². The predicted molar refractivity (Wildman–Crippen MR) is 65.4 cm³/mol. The third-order valence-corrected chi connectivity index (χ3v) is 2.37. The van der Waals surface area contributed by atoms with Crippen molar-refractivity contribution in [2.75, 3.05) is 13.2 Å². The first-order valence-electron chi connectivity index (χ1n) is 6.04. The molecule has 0 aromatic heterocycles. The highest BCUT2D eigenvalue weighted by atomic mass is 16.5. The second-order valence-corrected chi connectivity index (χ2v) is 3.87. The summed E-state index contributed by atoms with van der Waals surface area (Å²) in [5.41, 5.74) is 0.461. The average molecular weight is 242 g/mol. The molecule has 0 aliphatic rings. The third-order valence-electron chi connectivity index (χ3n) is 2.37. The molecule has 0 fully saturated rings. The molecular weight excluding hydrogens is 220 g/mol. The van der Waals surface area contributed by atoms with Gasteiger partial charge in [-0.15, -0.1) is 0 Å². The minimum atomic E-state index is -0.351. The largest absolute Gasteiger partial charge is 0.466 e. The van der Waals surface area contributed by atoms with Gasteiger partial charge < -0.3 is 9.47 Å². The summed E-state index contributed by atoms with van der Waals surface area (Å²) in [4.78, 5) is 22.6. The van der Waals surface area contributed by atoms with Crippen LogP contribution in [0.5, 0.6) is 0 Å². The van der Waals surface area contributed by atoms with E-state index in [9.17, 15) is 9.59 Å². The zero-order chi connectivity index (χ0) is 13.3. The van der Waals surface area contributed by atoms with Crippen LogP contribution in [0, 0.1) is 5.92 Å². The summed E-state index contributed by atoms with van der Waals surface area (Å²) in [6, 6.07) is 0. The number of esters is 2. The molecule has 0 rings (SSSR count).